The molecule has 0 aromatic heterocycles. The number of amides is 1. The molecule has 1 fully saturated rings. The van der Waals surface area contributed by atoms with Crippen LogP contribution in [0.4, 0.5) is 0 Å². The van der Waals surface area contributed by atoms with E-state index in [1.807, 2.05) is 32.5 Å². The summed E-state index contributed by atoms with van der Waals surface area (Å²) < 4.78 is 0. The van der Waals surface area contributed by atoms with Crippen LogP contribution in [0.5, 0.6) is 0 Å². The number of nitrogens with one attached hydrogen (secondary N) is 1. The summed E-state index contributed by atoms with van der Waals surface area (Å²) in [5, 5.41) is 3.11. The van der Waals surface area contributed by atoms with Gasteiger partial charge in [0.2, 0.25) is 5.91 Å². The SMILES string of the molecule is CN1CCN(C2Cc3ccccc3Sc3ccc(CNC(=O)C(C)(C)C)cc32)CC1.Cl.Cl. The van der Waals surface area contributed by atoms with E-state index in [1.165, 1.54) is 26.5 Å². The first-order valence-corrected chi connectivity index (χ1v) is 11.7. The Labute approximate surface area is 209 Å². The molecule has 0 radical (unpaired) electrons. The highest BCUT2D eigenvalue weighted by atomic mass is 35.5. The van der Waals surface area contributed by atoms with Crippen molar-refractivity contribution in [3.05, 3.63) is 59.2 Å². The fourth-order valence-corrected chi connectivity index (χ4v) is 5.29. The lowest BCUT2D eigenvalue weighted by atomic mass is 9.94. The lowest BCUT2D eigenvalue weighted by Crippen LogP contribution is -2.46. The van der Waals surface area contributed by atoms with E-state index in [0.717, 1.165) is 32.6 Å². The Hall–Kier alpha value is -1.24. The van der Waals surface area contributed by atoms with Crippen LogP contribution >= 0.6 is 36.6 Å². The van der Waals surface area contributed by atoms with Gasteiger partial charge in [-0.05, 0) is 42.3 Å². The summed E-state index contributed by atoms with van der Waals surface area (Å²) in [5.74, 6) is 0.0924. The van der Waals surface area contributed by atoms with Gasteiger partial charge in [0.15, 0.2) is 0 Å². The molecule has 4 rings (SSSR count). The Kier molecular flexibility index (Phi) is 9.50. The van der Waals surface area contributed by atoms with Gasteiger partial charge in [0.1, 0.15) is 0 Å². The maximum atomic E-state index is 12.3. The Morgan fingerprint density at radius 1 is 1.03 bits per heavy atom. The number of benzene rings is 2. The zero-order valence-corrected chi connectivity index (χ0v) is 21.8. The van der Waals surface area contributed by atoms with E-state index >= 15 is 0 Å². The fourth-order valence-electron chi connectivity index (χ4n) is 4.18. The molecule has 1 saturated heterocycles. The summed E-state index contributed by atoms with van der Waals surface area (Å²) in [6.45, 7) is 10.9. The first-order valence-electron chi connectivity index (χ1n) is 10.9. The van der Waals surface area contributed by atoms with E-state index in [2.05, 4.69) is 64.6 Å². The zero-order valence-electron chi connectivity index (χ0n) is 19.4. The molecule has 0 saturated carbocycles. The number of hydrogen-bond acceptors (Lipinski definition) is 4. The summed E-state index contributed by atoms with van der Waals surface area (Å²) in [7, 11) is 2.21. The minimum atomic E-state index is -0.369. The lowest BCUT2D eigenvalue weighted by molar-refractivity contribution is -0.128. The topological polar surface area (TPSA) is 35.6 Å². The van der Waals surface area contributed by atoms with Crippen LogP contribution < -0.4 is 5.32 Å². The Morgan fingerprint density at radius 2 is 1.72 bits per heavy atom. The molecular formula is C25H35Cl2N3OS. The predicted molar refractivity (Wildman–Crippen MR) is 138 cm³/mol. The molecule has 1 unspecified atom stereocenters. The van der Waals surface area contributed by atoms with Gasteiger partial charge < -0.3 is 10.2 Å². The second kappa shape index (κ2) is 11.3. The number of halogens is 2. The van der Waals surface area contributed by atoms with Gasteiger partial charge in [-0.15, -0.1) is 24.8 Å². The molecule has 2 aliphatic rings. The molecule has 2 aliphatic heterocycles. The molecule has 1 atom stereocenters. The highest BCUT2D eigenvalue weighted by molar-refractivity contribution is 7.99. The molecule has 1 N–H and O–H groups in total. The Bertz CT molecular complexity index is 924. The van der Waals surface area contributed by atoms with Gasteiger partial charge >= 0.3 is 0 Å². The molecular weight excluding hydrogens is 461 g/mol. The maximum Gasteiger partial charge on any atom is 0.225 e. The van der Waals surface area contributed by atoms with Crippen LogP contribution in [0.3, 0.4) is 0 Å². The van der Waals surface area contributed by atoms with Gasteiger partial charge in [0, 0.05) is 54.0 Å². The summed E-state index contributed by atoms with van der Waals surface area (Å²) in [6, 6.07) is 16.0. The minimum Gasteiger partial charge on any atom is -0.352 e. The van der Waals surface area contributed by atoms with Crippen molar-refractivity contribution >= 4 is 42.5 Å². The van der Waals surface area contributed by atoms with E-state index in [1.54, 1.807) is 0 Å². The first kappa shape index (κ1) is 27.0. The number of nitrogens with zero attached hydrogens (tertiary/aromatic N) is 2. The third-order valence-corrected chi connectivity index (χ3v) is 7.36. The van der Waals surface area contributed by atoms with Crippen LogP contribution in [0.25, 0.3) is 0 Å². The predicted octanol–water partition coefficient (Wildman–Crippen LogP) is 5.19. The largest absolute Gasteiger partial charge is 0.352 e. The molecule has 2 aromatic carbocycles. The number of rotatable bonds is 3. The van der Waals surface area contributed by atoms with Crippen molar-refractivity contribution in [2.45, 2.75) is 49.6 Å². The van der Waals surface area contributed by atoms with E-state index in [-0.39, 0.29) is 36.1 Å². The molecule has 7 heteroatoms. The molecule has 0 bridgehead atoms. The van der Waals surface area contributed by atoms with Crippen LogP contribution in [0.2, 0.25) is 0 Å². The number of carbonyl (C=O) groups excluding carboxylic acids is 1. The van der Waals surface area contributed by atoms with Crippen molar-refractivity contribution < 1.29 is 4.79 Å². The van der Waals surface area contributed by atoms with Gasteiger partial charge in [-0.25, -0.2) is 0 Å². The quantitative estimate of drug-likeness (QED) is 0.635. The minimum absolute atomic E-state index is 0. The summed E-state index contributed by atoms with van der Waals surface area (Å²) in [5.41, 5.74) is 3.65. The monoisotopic (exact) mass is 495 g/mol. The van der Waals surface area contributed by atoms with Gasteiger partial charge in [0.05, 0.1) is 0 Å². The van der Waals surface area contributed by atoms with Crippen molar-refractivity contribution in [3.63, 3.8) is 0 Å². The fraction of sp³-hybridized carbons (Fsp3) is 0.480. The normalized spacial score (nSPS) is 18.9. The smallest absolute Gasteiger partial charge is 0.225 e. The second-order valence-corrected chi connectivity index (χ2v) is 10.7. The van der Waals surface area contributed by atoms with Crippen LogP contribution in [0.15, 0.2) is 52.3 Å². The molecule has 32 heavy (non-hydrogen) atoms. The number of fused-ring (bicyclic) bond motifs is 2. The van der Waals surface area contributed by atoms with Crippen molar-refractivity contribution in [1.82, 2.24) is 15.1 Å². The van der Waals surface area contributed by atoms with Crippen LogP contribution in [-0.4, -0.2) is 48.9 Å². The molecule has 0 spiro atoms. The number of hydrogen-bond donors (Lipinski definition) is 1. The van der Waals surface area contributed by atoms with Gasteiger partial charge in [-0.2, -0.15) is 0 Å². The molecule has 2 aromatic rings. The third-order valence-electron chi connectivity index (χ3n) is 6.15. The van der Waals surface area contributed by atoms with Crippen molar-refractivity contribution in [1.29, 1.82) is 0 Å². The van der Waals surface area contributed by atoms with Crippen LogP contribution in [0.1, 0.15) is 43.5 Å². The molecule has 4 nitrogen and oxygen atoms in total. The van der Waals surface area contributed by atoms with E-state index in [4.69, 9.17) is 0 Å². The van der Waals surface area contributed by atoms with Gasteiger partial charge in [-0.3, -0.25) is 9.69 Å². The Balaban J connectivity index is 0.00000181. The average molecular weight is 497 g/mol. The standard InChI is InChI=1S/C25H33N3OS.2ClH/c1-25(2,3)24(29)26-17-18-9-10-23-20(15-18)21(28-13-11-27(4)12-14-28)16-19-7-5-6-8-22(19)30-23;;/h5-10,15,21H,11-14,16-17H2,1-4H3,(H,26,29);2*1H. The average Bonchev–Trinajstić information content (AvgIpc) is 2.88. The van der Waals surface area contributed by atoms with E-state index in [0.29, 0.717) is 12.6 Å². The van der Waals surface area contributed by atoms with Gasteiger partial charge in [-0.1, -0.05) is 62.9 Å². The molecule has 176 valence electrons. The van der Waals surface area contributed by atoms with Crippen molar-refractivity contribution in [2.75, 3.05) is 33.2 Å². The zero-order chi connectivity index (χ0) is 21.3. The highest BCUT2D eigenvalue weighted by Crippen LogP contribution is 2.43. The molecule has 1 amide bonds. The third kappa shape index (κ3) is 6.21. The second-order valence-electron chi connectivity index (χ2n) is 9.57. The summed E-state index contributed by atoms with van der Waals surface area (Å²) >= 11 is 1.88. The summed E-state index contributed by atoms with van der Waals surface area (Å²) in [4.78, 5) is 20.1. The number of piperazine rings is 1. The van der Waals surface area contributed by atoms with Crippen LogP contribution in [-0.2, 0) is 17.8 Å². The number of likely N-dealkylation sites (N-methyl/N-ethyl adjacent to an activating group) is 1. The van der Waals surface area contributed by atoms with Crippen molar-refractivity contribution in [2.24, 2.45) is 5.41 Å². The van der Waals surface area contributed by atoms with Gasteiger partial charge in [0.25, 0.3) is 0 Å². The van der Waals surface area contributed by atoms with E-state index < -0.39 is 0 Å². The van der Waals surface area contributed by atoms with Crippen molar-refractivity contribution in [3.8, 4) is 0 Å². The maximum absolute atomic E-state index is 12.3. The molecule has 2 heterocycles. The lowest BCUT2D eigenvalue weighted by Gasteiger charge is -2.38. The summed E-state index contributed by atoms with van der Waals surface area (Å²) in [6.07, 6.45) is 1.04. The first-order chi connectivity index (χ1) is 14.3. The Morgan fingerprint density at radius 3 is 2.41 bits per heavy atom. The van der Waals surface area contributed by atoms with E-state index in [9.17, 15) is 4.79 Å². The highest BCUT2D eigenvalue weighted by Gasteiger charge is 2.29. The molecule has 0 aliphatic carbocycles. The number of carbonyl (C=O) groups is 1. The van der Waals surface area contributed by atoms with Crippen LogP contribution in [0, 0.1) is 5.41 Å².